The normalized spacial score (nSPS) is 14.3. The van der Waals surface area contributed by atoms with Crippen LogP contribution in [0.5, 0.6) is 0 Å². The van der Waals surface area contributed by atoms with E-state index in [0.29, 0.717) is 5.92 Å². The summed E-state index contributed by atoms with van der Waals surface area (Å²) in [6, 6.07) is 0. The highest BCUT2D eigenvalue weighted by atomic mass is 19.1. The van der Waals surface area contributed by atoms with Crippen LogP contribution >= 0.6 is 0 Å². The van der Waals surface area contributed by atoms with E-state index in [2.05, 4.69) is 26.5 Å². The lowest BCUT2D eigenvalue weighted by molar-refractivity contribution is 0.385. The Morgan fingerprint density at radius 1 is 1.13 bits per heavy atom. The van der Waals surface area contributed by atoms with Crippen molar-refractivity contribution < 1.29 is 4.39 Å². The molecular formula is C14H25F. The second-order valence-electron chi connectivity index (χ2n) is 4.40. The zero-order chi connectivity index (χ0) is 11.7. The molecule has 0 saturated carbocycles. The standard InChI is InChI=1S/C14H25F/c1-5-6-7-8-9-10-11-14(12(2)3)13(4)15/h5,11-13H,1,6-10H2,2-4H3/b14-11+. The minimum Gasteiger partial charge on any atom is -0.243 e. The van der Waals surface area contributed by atoms with Gasteiger partial charge in [0.1, 0.15) is 6.17 Å². The summed E-state index contributed by atoms with van der Waals surface area (Å²) in [5.74, 6) is 0.332. The summed E-state index contributed by atoms with van der Waals surface area (Å²) in [7, 11) is 0. The Morgan fingerprint density at radius 3 is 2.20 bits per heavy atom. The number of alkyl halides is 1. The minimum absolute atomic E-state index is 0.332. The van der Waals surface area contributed by atoms with Gasteiger partial charge in [-0.25, -0.2) is 4.39 Å². The molecule has 0 radical (unpaired) electrons. The third kappa shape index (κ3) is 7.35. The van der Waals surface area contributed by atoms with Gasteiger partial charge in [-0.05, 0) is 44.1 Å². The average molecular weight is 212 g/mol. The molecule has 0 N–H and O–H groups in total. The fourth-order valence-electron chi connectivity index (χ4n) is 1.74. The van der Waals surface area contributed by atoms with Crippen LogP contribution in [0, 0.1) is 5.92 Å². The summed E-state index contributed by atoms with van der Waals surface area (Å²) in [5.41, 5.74) is 0.957. The van der Waals surface area contributed by atoms with E-state index in [1.807, 2.05) is 6.08 Å². The smallest absolute Gasteiger partial charge is 0.119 e. The summed E-state index contributed by atoms with van der Waals surface area (Å²) in [6.45, 7) is 9.43. The highest BCUT2D eigenvalue weighted by Gasteiger charge is 2.09. The van der Waals surface area contributed by atoms with Gasteiger partial charge < -0.3 is 0 Å². The molecule has 0 fully saturated rings. The highest BCUT2D eigenvalue weighted by molar-refractivity contribution is 5.09. The number of rotatable bonds is 8. The molecule has 0 heterocycles. The SMILES string of the molecule is C=CCCCCC/C=C(\C(C)C)C(C)F. The second kappa shape index (κ2) is 8.70. The Morgan fingerprint density at radius 2 is 1.73 bits per heavy atom. The van der Waals surface area contributed by atoms with Crippen molar-refractivity contribution in [2.45, 2.75) is 59.0 Å². The molecule has 0 spiro atoms. The van der Waals surface area contributed by atoms with Gasteiger partial charge >= 0.3 is 0 Å². The molecule has 0 bridgehead atoms. The fraction of sp³-hybridized carbons (Fsp3) is 0.714. The van der Waals surface area contributed by atoms with Crippen molar-refractivity contribution in [2.24, 2.45) is 5.92 Å². The molecule has 88 valence electrons. The summed E-state index contributed by atoms with van der Waals surface area (Å²) >= 11 is 0. The molecular weight excluding hydrogens is 187 g/mol. The van der Waals surface area contributed by atoms with Gasteiger partial charge in [-0.1, -0.05) is 32.4 Å². The predicted octanol–water partition coefficient (Wildman–Crippen LogP) is 5.06. The Hall–Kier alpha value is -0.590. The molecule has 1 atom stereocenters. The molecule has 0 aliphatic carbocycles. The van der Waals surface area contributed by atoms with Gasteiger partial charge in [0.25, 0.3) is 0 Å². The maximum atomic E-state index is 13.2. The highest BCUT2D eigenvalue weighted by Crippen LogP contribution is 2.18. The van der Waals surface area contributed by atoms with Crippen LogP contribution in [-0.2, 0) is 0 Å². The summed E-state index contributed by atoms with van der Waals surface area (Å²) < 4.78 is 13.2. The van der Waals surface area contributed by atoms with Crippen molar-refractivity contribution in [2.75, 3.05) is 0 Å². The van der Waals surface area contributed by atoms with Crippen LogP contribution in [0.4, 0.5) is 4.39 Å². The van der Waals surface area contributed by atoms with E-state index in [0.717, 1.165) is 24.8 Å². The summed E-state index contributed by atoms with van der Waals surface area (Å²) in [6.07, 6.45) is 8.95. The van der Waals surface area contributed by atoms with E-state index in [9.17, 15) is 4.39 Å². The molecule has 15 heavy (non-hydrogen) atoms. The molecule has 0 nitrogen and oxygen atoms in total. The van der Waals surface area contributed by atoms with Crippen LogP contribution < -0.4 is 0 Å². The van der Waals surface area contributed by atoms with Crippen LogP contribution in [0.1, 0.15) is 52.9 Å². The van der Waals surface area contributed by atoms with Gasteiger partial charge in [0, 0.05) is 0 Å². The lowest BCUT2D eigenvalue weighted by Crippen LogP contribution is -2.05. The molecule has 0 amide bonds. The lowest BCUT2D eigenvalue weighted by Gasteiger charge is -2.12. The van der Waals surface area contributed by atoms with E-state index in [1.54, 1.807) is 6.92 Å². The second-order valence-corrected chi connectivity index (χ2v) is 4.40. The van der Waals surface area contributed by atoms with Crippen molar-refractivity contribution in [3.05, 3.63) is 24.3 Å². The molecule has 0 saturated heterocycles. The van der Waals surface area contributed by atoms with E-state index in [4.69, 9.17) is 0 Å². The van der Waals surface area contributed by atoms with Crippen molar-refractivity contribution in [3.8, 4) is 0 Å². The summed E-state index contributed by atoms with van der Waals surface area (Å²) in [5, 5.41) is 0. The fourth-order valence-corrected chi connectivity index (χ4v) is 1.74. The van der Waals surface area contributed by atoms with Gasteiger partial charge in [0.2, 0.25) is 0 Å². The number of hydrogen-bond acceptors (Lipinski definition) is 0. The number of allylic oxidation sites excluding steroid dienone is 3. The Kier molecular flexibility index (Phi) is 8.35. The van der Waals surface area contributed by atoms with Gasteiger partial charge in [-0.3, -0.25) is 0 Å². The molecule has 0 rings (SSSR count). The molecule has 0 aromatic rings. The van der Waals surface area contributed by atoms with E-state index < -0.39 is 6.17 Å². The van der Waals surface area contributed by atoms with Crippen LogP contribution in [0.15, 0.2) is 24.3 Å². The van der Waals surface area contributed by atoms with Crippen molar-refractivity contribution in [1.82, 2.24) is 0 Å². The van der Waals surface area contributed by atoms with Gasteiger partial charge in [0.15, 0.2) is 0 Å². The Bertz CT molecular complexity index is 180. The van der Waals surface area contributed by atoms with E-state index >= 15 is 0 Å². The number of hydrogen-bond donors (Lipinski definition) is 0. The molecule has 1 unspecified atom stereocenters. The number of unbranched alkanes of at least 4 members (excludes halogenated alkanes) is 4. The third-order valence-corrected chi connectivity index (χ3v) is 2.62. The minimum atomic E-state index is -0.793. The Balaban J connectivity index is 3.76. The van der Waals surface area contributed by atoms with Crippen molar-refractivity contribution in [1.29, 1.82) is 0 Å². The van der Waals surface area contributed by atoms with E-state index in [1.165, 1.54) is 12.8 Å². The third-order valence-electron chi connectivity index (χ3n) is 2.62. The first-order valence-electron chi connectivity index (χ1n) is 6.04. The van der Waals surface area contributed by atoms with Gasteiger partial charge in [-0.2, -0.15) is 0 Å². The van der Waals surface area contributed by atoms with Crippen LogP contribution in [0.3, 0.4) is 0 Å². The quantitative estimate of drug-likeness (QED) is 0.389. The maximum absolute atomic E-state index is 13.2. The van der Waals surface area contributed by atoms with Crippen molar-refractivity contribution in [3.63, 3.8) is 0 Å². The largest absolute Gasteiger partial charge is 0.243 e. The monoisotopic (exact) mass is 212 g/mol. The first-order chi connectivity index (χ1) is 7.09. The molecule has 0 aliphatic rings. The number of halogens is 1. The predicted molar refractivity (Wildman–Crippen MR) is 66.8 cm³/mol. The molecule has 0 aromatic heterocycles. The molecule has 0 aromatic carbocycles. The molecule has 0 aliphatic heterocycles. The lowest BCUT2D eigenvalue weighted by atomic mass is 9.97. The first kappa shape index (κ1) is 14.4. The Labute approximate surface area is 94.3 Å². The first-order valence-corrected chi connectivity index (χ1v) is 6.04. The summed E-state index contributed by atoms with van der Waals surface area (Å²) in [4.78, 5) is 0. The van der Waals surface area contributed by atoms with Crippen LogP contribution in [-0.4, -0.2) is 6.17 Å². The van der Waals surface area contributed by atoms with Gasteiger partial charge in [0.05, 0.1) is 0 Å². The zero-order valence-electron chi connectivity index (χ0n) is 10.4. The molecule has 1 heteroatoms. The van der Waals surface area contributed by atoms with Crippen LogP contribution in [0.25, 0.3) is 0 Å². The topological polar surface area (TPSA) is 0 Å². The zero-order valence-corrected chi connectivity index (χ0v) is 10.4. The maximum Gasteiger partial charge on any atom is 0.119 e. The van der Waals surface area contributed by atoms with Crippen molar-refractivity contribution >= 4 is 0 Å². The van der Waals surface area contributed by atoms with Gasteiger partial charge in [-0.15, -0.1) is 6.58 Å². The van der Waals surface area contributed by atoms with E-state index in [-0.39, 0.29) is 0 Å². The van der Waals surface area contributed by atoms with Crippen LogP contribution in [0.2, 0.25) is 0 Å². The average Bonchev–Trinajstić information content (AvgIpc) is 2.15.